The van der Waals surface area contributed by atoms with Crippen LogP contribution in [0, 0.1) is 11.3 Å². The number of alkyl halides is 3. The summed E-state index contributed by atoms with van der Waals surface area (Å²) in [5.41, 5.74) is -1.51. The zero-order chi connectivity index (χ0) is 30.1. The van der Waals surface area contributed by atoms with Crippen LogP contribution in [0.5, 0.6) is 5.75 Å². The van der Waals surface area contributed by atoms with Crippen molar-refractivity contribution in [3.05, 3.63) is 77.4 Å². The molecule has 42 heavy (non-hydrogen) atoms. The van der Waals surface area contributed by atoms with Crippen LogP contribution in [0.4, 0.5) is 18.0 Å². The Labute approximate surface area is 238 Å². The SMILES string of the molecule is CN1C(=O)OC2(CCN(CCC(Oc3ccc(C#N)cc3)c3cccc(C(F)(F)F)c3)CC2)C12OC(=O)C=CC(=O)O2. The van der Waals surface area contributed by atoms with Crippen molar-refractivity contribution in [3.63, 3.8) is 0 Å². The number of hydrogen-bond donors (Lipinski definition) is 0. The van der Waals surface area contributed by atoms with Gasteiger partial charge in [0.2, 0.25) is 5.60 Å². The van der Waals surface area contributed by atoms with Gasteiger partial charge in [-0.3, -0.25) is 0 Å². The molecule has 3 aliphatic heterocycles. The van der Waals surface area contributed by atoms with Crippen LogP contribution in [0.15, 0.2) is 60.7 Å². The van der Waals surface area contributed by atoms with E-state index < -0.39 is 47.4 Å². The molecule has 3 heterocycles. The first kappa shape index (κ1) is 28.9. The molecule has 0 aliphatic carbocycles. The highest BCUT2D eigenvalue weighted by Crippen LogP contribution is 2.48. The first-order valence-corrected chi connectivity index (χ1v) is 13.1. The van der Waals surface area contributed by atoms with Gasteiger partial charge in [-0.1, -0.05) is 12.1 Å². The lowest BCUT2D eigenvalue weighted by Crippen LogP contribution is -2.65. The van der Waals surface area contributed by atoms with E-state index in [1.165, 1.54) is 13.1 Å². The Morgan fingerprint density at radius 3 is 2.24 bits per heavy atom. The number of rotatable bonds is 6. The molecule has 2 aromatic rings. The maximum Gasteiger partial charge on any atom is 0.416 e. The van der Waals surface area contributed by atoms with E-state index in [0.717, 1.165) is 29.2 Å². The summed E-state index contributed by atoms with van der Waals surface area (Å²) in [6.07, 6.45) is -3.68. The maximum absolute atomic E-state index is 13.5. The lowest BCUT2D eigenvalue weighted by molar-refractivity contribution is -0.309. The highest BCUT2D eigenvalue weighted by molar-refractivity contribution is 5.94. The number of likely N-dealkylation sites (tertiary alicyclic amines) is 1. The Morgan fingerprint density at radius 1 is 1.00 bits per heavy atom. The topological polar surface area (TPSA) is 118 Å². The second kappa shape index (κ2) is 11.0. The van der Waals surface area contributed by atoms with Gasteiger partial charge in [0.05, 0.1) is 17.2 Å². The van der Waals surface area contributed by atoms with Gasteiger partial charge in [0.25, 0.3) is 0 Å². The smallest absolute Gasteiger partial charge is 0.416 e. The van der Waals surface area contributed by atoms with Crippen molar-refractivity contribution >= 4 is 18.0 Å². The van der Waals surface area contributed by atoms with Gasteiger partial charge in [0, 0.05) is 58.1 Å². The van der Waals surface area contributed by atoms with Gasteiger partial charge >= 0.3 is 30.1 Å². The lowest BCUT2D eigenvalue weighted by atomic mass is 9.86. The van der Waals surface area contributed by atoms with Gasteiger partial charge in [-0.15, -0.1) is 0 Å². The molecule has 3 aliphatic rings. The number of nitrogens with zero attached hydrogens (tertiary/aromatic N) is 3. The number of piperidine rings is 1. The van der Waals surface area contributed by atoms with Crippen LogP contribution in [0.2, 0.25) is 0 Å². The zero-order valence-electron chi connectivity index (χ0n) is 22.4. The molecule has 0 saturated carbocycles. The third-order valence-corrected chi connectivity index (χ3v) is 7.63. The van der Waals surface area contributed by atoms with Crippen LogP contribution in [-0.4, -0.2) is 66.0 Å². The summed E-state index contributed by atoms with van der Waals surface area (Å²) in [4.78, 5) is 40.1. The Hall–Kier alpha value is -4.57. The van der Waals surface area contributed by atoms with Gasteiger partial charge in [0.15, 0.2) is 0 Å². The molecule has 0 aromatic heterocycles. The number of halogens is 3. The fourth-order valence-electron chi connectivity index (χ4n) is 5.38. The van der Waals surface area contributed by atoms with Gasteiger partial charge in [-0.2, -0.15) is 18.4 Å². The minimum Gasteiger partial charge on any atom is -0.486 e. The molecule has 10 nitrogen and oxygen atoms in total. The molecular weight excluding hydrogens is 559 g/mol. The predicted octanol–water partition coefficient (Wildman–Crippen LogP) is 4.31. The largest absolute Gasteiger partial charge is 0.486 e. The number of benzene rings is 2. The van der Waals surface area contributed by atoms with Gasteiger partial charge in [-0.05, 0) is 42.0 Å². The normalized spacial score (nSPS) is 20.5. The number of esters is 2. The van der Waals surface area contributed by atoms with E-state index in [0.29, 0.717) is 42.9 Å². The molecule has 1 amide bonds. The molecule has 2 aromatic carbocycles. The summed E-state index contributed by atoms with van der Waals surface area (Å²) in [6, 6.07) is 13.2. The van der Waals surface area contributed by atoms with E-state index in [4.69, 9.17) is 24.2 Å². The number of fused-ring (bicyclic) bond motifs is 1. The fourth-order valence-corrected chi connectivity index (χ4v) is 5.38. The standard InChI is InChI=1S/C29H26F3N3O7/c1-34-26(38)42-27(29(34)40-24(36)9-10-25(37)41-29)12-15-35(16-13-27)14-11-23(39-22-7-5-19(18-33)6-8-22)20-3-2-4-21(17-20)28(30,31)32/h2-10,17,23H,11-16H2,1H3. The molecule has 0 radical (unpaired) electrons. The van der Waals surface area contributed by atoms with E-state index in [1.54, 1.807) is 30.3 Å². The predicted molar refractivity (Wildman–Crippen MR) is 137 cm³/mol. The number of hydrogen-bond acceptors (Lipinski definition) is 9. The molecule has 13 heteroatoms. The molecule has 0 bridgehead atoms. The second-order valence-electron chi connectivity index (χ2n) is 10.2. The van der Waals surface area contributed by atoms with Crippen LogP contribution in [-0.2, 0) is 30.0 Å². The van der Waals surface area contributed by atoms with E-state index >= 15 is 0 Å². The quantitative estimate of drug-likeness (QED) is 0.457. The number of amides is 1. The lowest BCUT2D eigenvalue weighted by Gasteiger charge is -2.45. The van der Waals surface area contributed by atoms with Crippen molar-refractivity contribution in [1.29, 1.82) is 5.26 Å². The first-order chi connectivity index (χ1) is 19.9. The maximum atomic E-state index is 13.5. The van der Waals surface area contributed by atoms with Gasteiger partial charge in [-0.25, -0.2) is 19.3 Å². The number of carbonyl (C=O) groups is 3. The first-order valence-electron chi connectivity index (χ1n) is 13.1. The average Bonchev–Trinajstić information content (AvgIpc) is 3.06. The number of ether oxygens (including phenoxy) is 4. The summed E-state index contributed by atoms with van der Waals surface area (Å²) in [5.74, 6) is -3.41. The van der Waals surface area contributed by atoms with Crippen LogP contribution >= 0.6 is 0 Å². The fraction of sp³-hybridized carbons (Fsp3) is 0.379. The van der Waals surface area contributed by atoms with Crippen molar-refractivity contribution in [3.8, 4) is 11.8 Å². The molecular formula is C29H26F3N3O7. The summed E-state index contributed by atoms with van der Waals surface area (Å²) < 4.78 is 63.1. The van der Waals surface area contributed by atoms with Crippen molar-refractivity contribution in [2.45, 2.75) is 43.1 Å². The molecule has 2 spiro atoms. The van der Waals surface area contributed by atoms with Gasteiger partial charge < -0.3 is 23.8 Å². The molecule has 220 valence electrons. The van der Waals surface area contributed by atoms with Crippen LogP contribution in [0.25, 0.3) is 0 Å². The summed E-state index contributed by atoms with van der Waals surface area (Å²) in [6.45, 7) is 1.06. The van der Waals surface area contributed by atoms with Crippen molar-refractivity contribution in [2.24, 2.45) is 0 Å². The minimum absolute atomic E-state index is 0.147. The summed E-state index contributed by atoms with van der Waals surface area (Å²) in [7, 11) is 1.31. The highest BCUT2D eigenvalue weighted by atomic mass is 19.4. The summed E-state index contributed by atoms with van der Waals surface area (Å²) >= 11 is 0. The highest BCUT2D eigenvalue weighted by Gasteiger charge is 2.71. The van der Waals surface area contributed by atoms with Crippen LogP contribution in [0.1, 0.15) is 42.1 Å². The molecule has 1 unspecified atom stereocenters. The van der Waals surface area contributed by atoms with Crippen molar-refractivity contribution < 1.29 is 46.5 Å². The zero-order valence-corrected chi connectivity index (χ0v) is 22.4. The average molecular weight is 586 g/mol. The molecule has 1 atom stereocenters. The summed E-state index contributed by atoms with van der Waals surface area (Å²) in [5, 5.41) is 9.07. The second-order valence-corrected chi connectivity index (χ2v) is 10.2. The number of nitriles is 1. The molecule has 5 rings (SSSR count). The van der Waals surface area contributed by atoms with Crippen molar-refractivity contribution in [1.82, 2.24) is 9.80 Å². The van der Waals surface area contributed by atoms with Crippen molar-refractivity contribution in [2.75, 3.05) is 26.7 Å². The molecule has 0 N–H and O–H groups in total. The monoisotopic (exact) mass is 585 g/mol. The van der Waals surface area contributed by atoms with Crippen LogP contribution in [0.3, 0.4) is 0 Å². The van der Waals surface area contributed by atoms with E-state index in [2.05, 4.69) is 0 Å². The molecule has 2 saturated heterocycles. The third kappa shape index (κ3) is 5.49. The Bertz CT molecular complexity index is 1420. The van der Waals surface area contributed by atoms with E-state index in [-0.39, 0.29) is 12.8 Å². The number of likely N-dealkylation sites (N-methyl/N-ethyl adjacent to an activating group) is 1. The van der Waals surface area contributed by atoms with E-state index in [9.17, 15) is 27.6 Å². The Morgan fingerprint density at radius 2 is 1.64 bits per heavy atom. The minimum atomic E-state index is -4.53. The third-order valence-electron chi connectivity index (χ3n) is 7.63. The van der Waals surface area contributed by atoms with Gasteiger partial charge in [0.1, 0.15) is 11.9 Å². The van der Waals surface area contributed by atoms with E-state index in [1.807, 2.05) is 11.0 Å². The number of carbonyl (C=O) groups excluding carboxylic acids is 3. The van der Waals surface area contributed by atoms with Crippen LogP contribution < -0.4 is 4.74 Å². The molecule has 2 fully saturated rings. The Balaban J connectivity index is 1.32. The Kier molecular flexibility index (Phi) is 7.59.